The van der Waals surface area contributed by atoms with Crippen molar-refractivity contribution in [1.29, 1.82) is 0 Å². The van der Waals surface area contributed by atoms with Crippen LogP contribution in [0.5, 0.6) is 0 Å². The van der Waals surface area contributed by atoms with Gasteiger partial charge in [-0.3, -0.25) is 0 Å². The lowest BCUT2D eigenvalue weighted by molar-refractivity contribution is -0.206. The molecule has 1 amide bonds. The Morgan fingerprint density at radius 1 is 1.36 bits per heavy atom. The molecule has 2 atom stereocenters. The van der Waals surface area contributed by atoms with Crippen LogP contribution in [0.4, 0.5) is 18.0 Å². The highest BCUT2D eigenvalue weighted by atomic mass is 19.4. The third-order valence-electron chi connectivity index (χ3n) is 3.61. The van der Waals surface area contributed by atoms with Crippen LogP contribution in [0.25, 0.3) is 0 Å². The smallest absolute Gasteiger partial charge is 0.418 e. The maximum atomic E-state index is 12.4. The quantitative estimate of drug-likeness (QED) is 0.794. The standard InChI is InChI=1S/C14H17F3N2O3/c15-14(16,17)12(20)10-3-1-9(2-4-10)7-11-8-19(13(21)22)6-5-18-11/h1-4,11-12,18,20H,5-8H2,(H,21,22)/t11-,12?/m1/s1. The number of amides is 1. The van der Waals surface area contributed by atoms with Crippen molar-refractivity contribution in [2.24, 2.45) is 0 Å². The maximum Gasteiger partial charge on any atom is 0.418 e. The van der Waals surface area contributed by atoms with Crippen molar-refractivity contribution in [3.63, 3.8) is 0 Å². The van der Waals surface area contributed by atoms with Crippen molar-refractivity contribution < 1.29 is 28.2 Å². The van der Waals surface area contributed by atoms with Crippen LogP contribution in [0, 0.1) is 0 Å². The Balaban J connectivity index is 1.98. The van der Waals surface area contributed by atoms with Gasteiger partial charge in [-0.15, -0.1) is 0 Å². The second-order valence-electron chi connectivity index (χ2n) is 5.27. The minimum atomic E-state index is -4.69. The Bertz CT molecular complexity index is 519. The van der Waals surface area contributed by atoms with Gasteiger partial charge < -0.3 is 20.4 Å². The van der Waals surface area contributed by atoms with E-state index in [0.29, 0.717) is 26.1 Å². The molecule has 1 unspecified atom stereocenters. The average molecular weight is 318 g/mol. The van der Waals surface area contributed by atoms with Gasteiger partial charge in [-0.2, -0.15) is 13.2 Å². The molecule has 1 fully saturated rings. The number of hydrogen-bond acceptors (Lipinski definition) is 3. The van der Waals surface area contributed by atoms with Gasteiger partial charge in [-0.25, -0.2) is 4.79 Å². The normalized spacial score (nSPS) is 20.7. The molecule has 1 aromatic rings. The predicted octanol–water partition coefficient (Wildman–Crippen LogP) is 1.78. The van der Waals surface area contributed by atoms with Gasteiger partial charge >= 0.3 is 12.3 Å². The van der Waals surface area contributed by atoms with Gasteiger partial charge in [0, 0.05) is 25.7 Å². The molecule has 22 heavy (non-hydrogen) atoms. The van der Waals surface area contributed by atoms with E-state index in [-0.39, 0.29) is 11.6 Å². The number of piperazine rings is 1. The lowest BCUT2D eigenvalue weighted by atomic mass is 10.0. The van der Waals surface area contributed by atoms with Crippen LogP contribution in [-0.2, 0) is 6.42 Å². The van der Waals surface area contributed by atoms with Crippen molar-refractivity contribution >= 4 is 6.09 Å². The number of hydrogen-bond donors (Lipinski definition) is 3. The Morgan fingerprint density at radius 3 is 2.55 bits per heavy atom. The van der Waals surface area contributed by atoms with E-state index in [9.17, 15) is 18.0 Å². The van der Waals surface area contributed by atoms with E-state index in [2.05, 4.69) is 5.32 Å². The fraction of sp³-hybridized carbons (Fsp3) is 0.500. The second kappa shape index (κ2) is 6.53. The molecule has 122 valence electrons. The Hall–Kier alpha value is -1.80. The van der Waals surface area contributed by atoms with E-state index in [4.69, 9.17) is 10.2 Å². The summed E-state index contributed by atoms with van der Waals surface area (Å²) < 4.78 is 37.2. The number of nitrogens with zero attached hydrogens (tertiary/aromatic N) is 1. The van der Waals surface area contributed by atoms with Crippen LogP contribution >= 0.6 is 0 Å². The Morgan fingerprint density at radius 2 is 2.00 bits per heavy atom. The van der Waals surface area contributed by atoms with Gasteiger partial charge in [-0.05, 0) is 17.5 Å². The predicted molar refractivity (Wildman–Crippen MR) is 72.5 cm³/mol. The summed E-state index contributed by atoms with van der Waals surface area (Å²) in [5.41, 5.74) is 0.572. The summed E-state index contributed by atoms with van der Waals surface area (Å²) in [6.45, 7) is 1.30. The third kappa shape index (κ3) is 4.11. The van der Waals surface area contributed by atoms with E-state index >= 15 is 0 Å². The Labute approximate surface area is 125 Å². The molecular weight excluding hydrogens is 301 g/mol. The molecule has 1 heterocycles. The van der Waals surface area contributed by atoms with E-state index in [1.165, 1.54) is 29.2 Å². The lowest BCUT2D eigenvalue weighted by Gasteiger charge is -2.32. The van der Waals surface area contributed by atoms with E-state index < -0.39 is 18.4 Å². The van der Waals surface area contributed by atoms with Gasteiger partial charge in [0.1, 0.15) is 0 Å². The molecule has 0 radical (unpaired) electrons. The van der Waals surface area contributed by atoms with E-state index in [1.54, 1.807) is 0 Å². The first-order valence-corrected chi connectivity index (χ1v) is 6.82. The zero-order valence-corrected chi connectivity index (χ0v) is 11.7. The van der Waals surface area contributed by atoms with Gasteiger partial charge in [0.2, 0.25) is 0 Å². The molecule has 0 spiro atoms. The summed E-state index contributed by atoms with van der Waals surface area (Å²) in [6.07, 6.45) is -7.65. The number of halogens is 3. The summed E-state index contributed by atoms with van der Waals surface area (Å²) in [5.74, 6) is 0. The third-order valence-corrected chi connectivity index (χ3v) is 3.61. The molecule has 5 nitrogen and oxygen atoms in total. The molecule has 0 aromatic heterocycles. The number of aliphatic hydroxyl groups is 1. The first-order chi connectivity index (χ1) is 10.3. The van der Waals surface area contributed by atoms with Crippen LogP contribution in [0.2, 0.25) is 0 Å². The largest absolute Gasteiger partial charge is 0.465 e. The number of rotatable bonds is 3. The number of nitrogens with one attached hydrogen (secondary N) is 1. The molecule has 1 aliphatic rings. The van der Waals surface area contributed by atoms with Gasteiger partial charge in [0.25, 0.3) is 0 Å². The van der Waals surface area contributed by atoms with Gasteiger partial charge in [0.05, 0.1) is 0 Å². The monoisotopic (exact) mass is 318 g/mol. The minimum Gasteiger partial charge on any atom is -0.465 e. The fourth-order valence-electron chi connectivity index (χ4n) is 2.45. The number of aliphatic hydroxyl groups excluding tert-OH is 1. The lowest BCUT2D eigenvalue weighted by Crippen LogP contribution is -2.53. The number of benzene rings is 1. The number of alkyl halides is 3. The van der Waals surface area contributed by atoms with Gasteiger partial charge in [0.15, 0.2) is 6.10 Å². The van der Waals surface area contributed by atoms with Crippen molar-refractivity contribution in [1.82, 2.24) is 10.2 Å². The summed E-state index contributed by atoms with van der Waals surface area (Å²) in [6, 6.07) is 5.44. The SMILES string of the molecule is O=C(O)N1CCN[C@H](Cc2ccc(C(O)C(F)(F)F)cc2)C1. The second-order valence-corrected chi connectivity index (χ2v) is 5.27. The van der Waals surface area contributed by atoms with Crippen molar-refractivity contribution in [2.45, 2.75) is 24.7 Å². The van der Waals surface area contributed by atoms with Crippen molar-refractivity contribution in [2.75, 3.05) is 19.6 Å². The Kier molecular flexibility index (Phi) is 4.92. The van der Waals surface area contributed by atoms with Crippen LogP contribution in [0.15, 0.2) is 24.3 Å². The summed E-state index contributed by atoms with van der Waals surface area (Å²) >= 11 is 0. The average Bonchev–Trinajstić information content (AvgIpc) is 2.46. The summed E-state index contributed by atoms with van der Waals surface area (Å²) in [5, 5.41) is 21.3. The molecule has 1 saturated heterocycles. The van der Waals surface area contributed by atoms with Crippen LogP contribution in [-0.4, -0.2) is 53.1 Å². The van der Waals surface area contributed by atoms with Gasteiger partial charge in [-0.1, -0.05) is 24.3 Å². The first kappa shape index (κ1) is 16.6. The van der Waals surface area contributed by atoms with Crippen LogP contribution in [0.1, 0.15) is 17.2 Å². The molecule has 1 aromatic carbocycles. The van der Waals surface area contributed by atoms with Crippen LogP contribution < -0.4 is 5.32 Å². The minimum absolute atomic E-state index is 0.0803. The topological polar surface area (TPSA) is 72.8 Å². The highest BCUT2D eigenvalue weighted by molar-refractivity contribution is 5.65. The fourth-order valence-corrected chi connectivity index (χ4v) is 2.45. The molecule has 2 rings (SSSR count). The molecule has 0 aliphatic carbocycles. The molecule has 0 saturated carbocycles. The molecular formula is C14H17F3N2O3. The molecule has 3 N–H and O–H groups in total. The number of carbonyl (C=O) groups is 1. The van der Waals surface area contributed by atoms with Crippen LogP contribution in [0.3, 0.4) is 0 Å². The molecule has 8 heteroatoms. The number of carboxylic acid groups (broad SMARTS) is 1. The summed E-state index contributed by atoms with van der Waals surface area (Å²) in [4.78, 5) is 12.2. The van der Waals surface area contributed by atoms with E-state index in [0.717, 1.165) is 5.56 Å². The first-order valence-electron chi connectivity index (χ1n) is 6.82. The molecule has 0 bridgehead atoms. The highest BCUT2D eigenvalue weighted by Gasteiger charge is 2.39. The molecule has 1 aliphatic heterocycles. The van der Waals surface area contributed by atoms with Crippen molar-refractivity contribution in [3.8, 4) is 0 Å². The maximum absolute atomic E-state index is 12.4. The van der Waals surface area contributed by atoms with Crippen molar-refractivity contribution in [3.05, 3.63) is 35.4 Å². The summed E-state index contributed by atoms with van der Waals surface area (Å²) in [7, 11) is 0. The zero-order chi connectivity index (χ0) is 16.3. The zero-order valence-electron chi connectivity index (χ0n) is 11.7. The highest BCUT2D eigenvalue weighted by Crippen LogP contribution is 2.32. The van der Waals surface area contributed by atoms with E-state index in [1.807, 2.05) is 0 Å².